The van der Waals surface area contributed by atoms with Gasteiger partial charge in [-0.2, -0.15) is 0 Å². The summed E-state index contributed by atoms with van der Waals surface area (Å²) in [7, 11) is 0. The second-order valence-corrected chi connectivity index (χ2v) is 6.83. The summed E-state index contributed by atoms with van der Waals surface area (Å²) in [4.78, 5) is 7.25. The van der Waals surface area contributed by atoms with E-state index >= 15 is 0 Å². The Morgan fingerprint density at radius 3 is 2.79 bits per heavy atom. The van der Waals surface area contributed by atoms with E-state index in [0.29, 0.717) is 0 Å². The van der Waals surface area contributed by atoms with Crippen molar-refractivity contribution in [1.82, 2.24) is 14.9 Å². The smallest absolute Gasteiger partial charge is 0.0954 e. The number of hydrogen-bond donors (Lipinski definition) is 1. The highest BCUT2D eigenvalue weighted by molar-refractivity contribution is 7.12. The molecule has 0 saturated heterocycles. The second-order valence-electron chi connectivity index (χ2n) is 5.49. The standard InChI is InChI=1S/C15H21N3S/c1-10-11(2)18(9-17-10)8-13-6-15(19-12(13)3)7-16-14-4-5-14/h6,9,14,16H,4-5,7-8H2,1-3H3. The van der Waals surface area contributed by atoms with Crippen LogP contribution in [0.15, 0.2) is 12.4 Å². The molecule has 0 aromatic carbocycles. The van der Waals surface area contributed by atoms with Gasteiger partial charge >= 0.3 is 0 Å². The van der Waals surface area contributed by atoms with Gasteiger partial charge in [-0.3, -0.25) is 0 Å². The maximum absolute atomic E-state index is 4.37. The summed E-state index contributed by atoms with van der Waals surface area (Å²) in [5.41, 5.74) is 3.82. The predicted octanol–water partition coefficient (Wildman–Crippen LogP) is 3.17. The highest BCUT2D eigenvalue weighted by Gasteiger charge is 2.20. The third-order valence-corrected chi connectivity index (χ3v) is 4.99. The zero-order chi connectivity index (χ0) is 13.4. The lowest BCUT2D eigenvalue weighted by Gasteiger charge is -2.04. The fourth-order valence-corrected chi connectivity index (χ4v) is 3.26. The Hall–Kier alpha value is -1.13. The van der Waals surface area contributed by atoms with Gasteiger partial charge in [-0.15, -0.1) is 11.3 Å². The van der Waals surface area contributed by atoms with Gasteiger partial charge in [-0.05, 0) is 45.2 Å². The molecule has 0 amide bonds. The largest absolute Gasteiger partial charge is 0.330 e. The fraction of sp³-hybridized carbons (Fsp3) is 0.533. The first-order chi connectivity index (χ1) is 9.13. The number of rotatable bonds is 5. The normalized spacial score (nSPS) is 15.1. The minimum absolute atomic E-state index is 0.782. The molecule has 4 heteroatoms. The molecule has 0 unspecified atom stereocenters. The third-order valence-electron chi connectivity index (χ3n) is 3.90. The van der Waals surface area contributed by atoms with Crippen LogP contribution in [-0.4, -0.2) is 15.6 Å². The Balaban J connectivity index is 1.71. The monoisotopic (exact) mass is 275 g/mol. The summed E-state index contributed by atoms with van der Waals surface area (Å²) in [6, 6.07) is 3.13. The molecule has 1 saturated carbocycles. The predicted molar refractivity (Wildman–Crippen MR) is 79.7 cm³/mol. The Labute approximate surface area is 118 Å². The topological polar surface area (TPSA) is 29.9 Å². The van der Waals surface area contributed by atoms with E-state index in [-0.39, 0.29) is 0 Å². The third kappa shape index (κ3) is 2.90. The van der Waals surface area contributed by atoms with Crippen LogP contribution in [0.5, 0.6) is 0 Å². The van der Waals surface area contributed by atoms with Crippen LogP contribution in [0, 0.1) is 20.8 Å². The van der Waals surface area contributed by atoms with E-state index in [2.05, 4.69) is 41.7 Å². The maximum atomic E-state index is 4.37. The molecule has 0 bridgehead atoms. The number of aromatic nitrogens is 2. The first kappa shape index (κ1) is 12.9. The lowest BCUT2D eigenvalue weighted by Crippen LogP contribution is -2.14. The van der Waals surface area contributed by atoms with Crippen LogP contribution in [0.25, 0.3) is 0 Å². The number of imidazole rings is 1. The van der Waals surface area contributed by atoms with Gasteiger partial charge in [-0.25, -0.2) is 4.98 Å². The van der Waals surface area contributed by atoms with E-state index in [1.807, 2.05) is 17.7 Å². The van der Waals surface area contributed by atoms with Crippen molar-refractivity contribution in [3.05, 3.63) is 39.1 Å². The van der Waals surface area contributed by atoms with E-state index in [0.717, 1.165) is 24.8 Å². The minimum Gasteiger partial charge on any atom is -0.330 e. The quantitative estimate of drug-likeness (QED) is 0.908. The summed E-state index contributed by atoms with van der Waals surface area (Å²) in [6.07, 6.45) is 4.65. The molecule has 1 N–H and O–H groups in total. The van der Waals surface area contributed by atoms with Gasteiger partial charge in [0.25, 0.3) is 0 Å². The number of thiophene rings is 1. The molecule has 0 spiro atoms. The van der Waals surface area contributed by atoms with Crippen molar-refractivity contribution in [2.24, 2.45) is 0 Å². The van der Waals surface area contributed by atoms with Gasteiger partial charge in [0.15, 0.2) is 0 Å². The highest BCUT2D eigenvalue weighted by atomic mass is 32.1. The molecule has 2 aromatic heterocycles. The first-order valence-electron chi connectivity index (χ1n) is 6.93. The molecular formula is C15H21N3S. The molecule has 2 aromatic rings. The van der Waals surface area contributed by atoms with Crippen molar-refractivity contribution in [1.29, 1.82) is 0 Å². The number of nitrogens with one attached hydrogen (secondary N) is 1. The van der Waals surface area contributed by atoms with Crippen LogP contribution in [0.4, 0.5) is 0 Å². The maximum Gasteiger partial charge on any atom is 0.0954 e. The van der Waals surface area contributed by atoms with Crippen LogP contribution in [0.2, 0.25) is 0 Å². The summed E-state index contributed by atoms with van der Waals surface area (Å²) >= 11 is 1.92. The molecule has 3 nitrogen and oxygen atoms in total. The van der Waals surface area contributed by atoms with E-state index in [4.69, 9.17) is 0 Å². The minimum atomic E-state index is 0.782. The van der Waals surface area contributed by atoms with Crippen molar-refractivity contribution in [3.8, 4) is 0 Å². The van der Waals surface area contributed by atoms with E-state index < -0.39 is 0 Å². The molecule has 1 aliphatic carbocycles. The number of aryl methyl sites for hydroxylation is 2. The average molecular weight is 275 g/mol. The van der Waals surface area contributed by atoms with E-state index in [9.17, 15) is 0 Å². The zero-order valence-corrected chi connectivity index (χ0v) is 12.7. The van der Waals surface area contributed by atoms with Gasteiger partial charge in [0.2, 0.25) is 0 Å². The highest BCUT2D eigenvalue weighted by Crippen LogP contribution is 2.25. The van der Waals surface area contributed by atoms with E-state index in [1.165, 1.54) is 33.9 Å². The van der Waals surface area contributed by atoms with Crippen LogP contribution in [-0.2, 0) is 13.1 Å². The Morgan fingerprint density at radius 1 is 1.37 bits per heavy atom. The van der Waals surface area contributed by atoms with Crippen molar-refractivity contribution in [3.63, 3.8) is 0 Å². The van der Waals surface area contributed by atoms with Crippen LogP contribution < -0.4 is 5.32 Å². The average Bonchev–Trinajstić information content (AvgIpc) is 3.09. The Morgan fingerprint density at radius 2 is 2.16 bits per heavy atom. The molecule has 19 heavy (non-hydrogen) atoms. The SMILES string of the molecule is Cc1ncn(Cc2cc(CNC3CC3)sc2C)c1C. The molecule has 102 valence electrons. The molecule has 1 fully saturated rings. The second kappa shape index (κ2) is 5.10. The molecule has 0 aliphatic heterocycles. The van der Waals surface area contributed by atoms with Crippen molar-refractivity contribution >= 4 is 11.3 Å². The van der Waals surface area contributed by atoms with Crippen molar-refractivity contribution in [2.75, 3.05) is 0 Å². The van der Waals surface area contributed by atoms with Crippen LogP contribution in [0.3, 0.4) is 0 Å². The number of nitrogens with zero attached hydrogens (tertiary/aromatic N) is 2. The van der Waals surface area contributed by atoms with Gasteiger partial charge in [0.1, 0.15) is 0 Å². The Kier molecular flexibility index (Phi) is 3.46. The summed E-state index contributed by atoms with van der Waals surface area (Å²) < 4.78 is 2.24. The molecule has 0 atom stereocenters. The first-order valence-corrected chi connectivity index (χ1v) is 7.75. The van der Waals surface area contributed by atoms with E-state index in [1.54, 1.807) is 0 Å². The van der Waals surface area contributed by atoms with Crippen LogP contribution >= 0.6 is 11.3 Å². The summed E-state index contributed by atoms with van der Waals surface area (Å²) in [5.74, 6) is 0. The molecule has 2 heterocycles. The van der Waals surface area contributed by atoms with Crippen molar-refractivity contribution < 1.29 is 0 Å². The molecule has 0 radical (unpaired) electrons. The molecule has 1 aliphatic rings. The van der Waals surface area contributed by atoms with Crippen molar-refractivity contribution in [2.45, 2.75) is 52.7 Å². The zero-order valence-electron chi connectivity index (χ0n) is 11.9. The van der Waals surface area contributed by atoms with Gasteiger partial charge in [-0.1, -0.05) is 0 Å². The summed E-state index contributed by atoms with van der Waals surface area (Å²) in [6.45, 7) is 8.40. The van der Waals surface area contributed by atoms with Gasteiger partial charge < -0.3 is 9.88 Å². The van der Waals surface area contributed by atoms with Gasteiger partial charge in [0, 0.05) is 34.6 Å². The summed E-state index contributed by atoms with van der Waals surface area (Å²) in [5, 5.41) is 3.58. The molecule has 3 rings (SSSR count). The number of hydrogen-bond acceptors (Lipinski definition) is 3. The fourth-order valence-electron chi connectivity index (χ4n) is 2.25. The lowest BCUT2D eigenvalue weighted by atomic mass is 10.2. The Bertz CT molecular complexity index is 578. The van der Waals surface area contributed by atoms with Crippen LogP contribution in [0.1, 0.15) is 39.5 Å². The lowest BCUT2D eigenvalue weighted by molar-refractivity contribution is 0.694. The van der Waals surface area contributed by atoms with Gasteiger partial charge in [0.05, 0.1) is 12.0 Å². The molecular weight excluding hydrogens is 254 g/mol.